The summed E-state index contributed by atoms with van der Waals surface area (Å²) in [4.78, 5) is 240. The molecule has 3 aromatic rings. The highest BCUT2D eigenvalue weighted by atomic mass is 16.6. The van der Waals surface area contributed by atoms with Gasteiger partial charge in [-0.05, 0) is 109 Å². The minimum absolute atomic E-state index is 0.0275. The summed E-state index contributed by atoms with van der Waals surface area (Å²) in [5.41, 5.74) is 0.316. The highest BCUT2D eigenvalue weighted by molar-refractivity contribution is 6.41. The molecule has 0 spiro atoms. The zero-order chi connectivity index (χ0) is 82.5. The van der Waals surface area contributed by atoms with Crippen LogP contribution in [0.15, 0.2) is 78.9 Å². The predicted octanol–water partition coefficient (Wildman–Crippen LogP) is 6.67. The molecule has 0 bridgehead atoms. The molecule has 0 saturated heterocycles. The van der Waals surface area contributed by atoms with Gasteiger partial charge in [0.2, 0.25) is 35.3 Å². The minimum Gasteiger partial charge on any atom is -0.506 e. The van der Waals surface area contributed by atoms with Crippen molar-refractivity contribution in [2.45, 2.75) is 251 Å². The zero-order valence-corrected chi connectivity index (χ0v) is 64.6. The number of anilines is 1. The van der Waals surface area contributed by atoms with Crippen molar-refractivity contribution in [2.24, 2.45) is 0 Å². The van der Waals surface area contributed by atoms with Crippen LogP contribution in [-0.4, -0.2) is 172 Å². The number of Topliss-reactive ketones (excluding diaryl/α,β-unsaturated/α-hetero) is 10. The van der Waals surface area contributed by atoms with Crippen LogP contribution in [-0.2, 0) is 115 Å². The maximum absolute atomic E-state index is 13.3. The number of esters is 1. The molecule has 0 fully saturated rings. The van der Waals surface area contributed by atoms with E-state index in [2.05, 4.69) is 42.5 Å². The van der Waals surface area contributed by atoms with Gasteiger partial charge >= 0.3 is 18.2 Å². The third-order valence-corrected chi connectivity index (χ3v) is 16.6. The van der Waals surface area contributed by atoms with Crippen molar-refractivity contribution in [1.82, 2.24) is 37.2 Å². The molecule has 111 heavy (non-hydrogen) atoms. The second-order valence-electron chi connectivity index (χ2n) is 28.7. The van der Waals surface area contributed by atoms with Crippen molar-refractivity contribution in [3.05, 3.63) is 95.6 Å². The number of ketones is 10. The zero-order valence-electron chi connectivity index (χ0n) is 64.6. The van der Waals surface area contributed by atoms with Gasteiger partial charge < -0.3 is 61.9 Å². The van der Waals surface area contributed by atoms with Crippen molar-refractivity contribution in [3.63, 3.8) is 0 Å². The number of likely N-dealkylation sites (N-methyl/N-ethyl adjacent to an activating group) is 1. The summed E-state index contributed by atoms with van der Waals surface area (Å²) in [6.07, 6.45) is -5.35. The summed E-state index contributed by atoms with van der Waals surface area (Å²) < 4.78 is 16.1. The van der Waals surface area contributed by atoms with Crippen LogP contribution in [0.2, 0.25) is 0 Å². The average molecular weight is 1550 g/mol. The maximum atomic E-state index is 13.3. The van der Waals surface area contributed by atoms with Gasteiger partial charge in [0, 0.05) is 148 Å². The lowest BCUT2D eigenvalue weighted by molar-refractivity contribution is -0.155. The van der Waals surface area contributed by atoms with E-state index >= 15 is 0 Å². The second kappa shape index (κ2) is 50.6. The Morgan fingerprint density at radius 3 is 1.35 bits per heavy atom. The summed E-state index contributed by atoms with van der Waals surface area (Å²) in [7, 11) is 0. The molecule has 0 aromatic heterocycles. The lowest BCUT2D eigenvalue weighted by atomic mass is 9.99. The molecule has 0 aliphatic rings. The van der Waals surface area contributed by atoms with Crippen LogP contribution in [0.4, 0.5) is 15.3 Å². The summed E-state index contributed by atoms with van der Waals surface area (Å²) in [5, 5.41) is 30.7. The molecule has 31 nitrogen and oxygen atoms in total. The fourth-order valence-electron chi connectivity index (χ4n) is 10.6. The maximum Gasteiger partial charge on any atom is 0.408 e. The Labute approximate surface area is 646 Å². The lowest BCUT2D eigenvalue weighted by Gasteiger charge is -2.24. The SMILES string of the molecule is CCNC(=O)[C@H](Cc1ccccc1)NC(=O)CNC(=O)CNC(=O)[C@H](CCCCNC(=O)CC(=O)CCC(=O)CCC(=O)CCC(=O)CCC(=O)CCC(=O)CCC(=O)CCC(=O)CCC(=O)CCC(=O)C(=O)Nc1cc(C[C@@H](CCC(=O)OC(C)(C)C)NC(=O)OC(C)(C)C)ccc1O)NC(=O)OCc1ccccc1. The molecule has 0 unspecified atom stereocenters. The van der Waals surface area contributed by atoms with E-state index in [0.29, 0.717) is 17.7 Å². The largest absolute Gasteiger partial charge is 0.506 e. The topological polar surface area (TPSA) is 468 Å². The molecule has 0 saturated carbocycles. The van der Waals surface area contributed by atoms with Gasteiger partial charge in [0.1, 0.15) is 87.7 Å². The van der Waals surface area contributed by atoms with Crippen LogP contribution >= 0.6 is 0 Å². The Kier molecular flexibility index (Phi) is 43.0. The first-order valence-electron chi connectivity index (χ1n) is 37.4. The van der Waals surface area contributed by atoms with E-state index < -0.39 is 149 Å². The number of unbranched alkanes of at least 4 members (excludes halogenated alkanes) is 1. The Morgan fingerprint density at radius 2 is 0.865 bits per heavy atom. The van der Waals surface area contributed by atoms with E-state index in [1.807, 2.05) is 6.07 Å². The van der Waals surface area contributed by atoms with Gasteiger partial charge in [-0.15, -0.1) is 0 Å². The Balaban J connectivity index is 1.26. The third kappa shape index (κ3) is 44.9. The van der Waals surface area contributed by atoms with Gasteiger partial charge in [0.05, 0.1) is 25.2 Å². The van der Waals surface area contributed by atoms with Crippen LogP contribution in [0.3, 0.4) is 0 Å². The molecular weight excluding hydrogens is 1440 g/mol. The molecule has 9 N–H and O–H groups in total. The van der Waals surface area contributed by atoms with Crippen LogP contribution in [0.5, 0.6) is 5.75 Å². The van der Waals surface area contributed by atoms with Gasteiger partial charge in [0.25, 0.3) is 5.91 Å². The number of ether oxygens (including phenoxy) is 3. The first-order valence-corrected chi connectivity index (χ1v) is 37.4. The van der Waals surface area contributed by atoms with E-state index in [0.717, 1.165) is 5.56 Å². The number of phenolic OH excluding ortho intramolecular Hbond substituents is 1. The Morgan fingerprint density at radius 1 is 0.405 bits per heavy atom. The normalized spacial score (nSPS) is 11.8. The van der Waals surface area contributed by atoms with Crippen LogP contribution < -0.4 is 42.5 Å². The number of phenols is 1. The molecule has 0 aliphatic carbocycles. The molecule has 3 aromatic carbocycles. The van der Waals surface area contributed by atoms with E-state index in [4.69, 9.17) is 14.2 Å². The van der Waals surface area contributed by atoms with Crippen LogP contribution in [0.25, 0.3) is 0 Å². The fraction of sp³-hybridized carbons (Fsp3) is 0.537. The lowest BCUT2D eigenvalue weighted by Crippen LogP contribution is -2.52. The number of hydrogen-bond donors (Lipinski definition) is 9. The van der Waals surface area contributed by atoms with Crippen molar-refractivity contribution in [1.29, 1.82) is 0 Å². The number of hydrogen-bond acceptors (Lipinski definition) is 23. The molecular formula is C80H108N8O23. The van der Waals surface area contributed by atoms with E-state index in [9.17, 15) is 96.2 Å². The average Bonchev–Trinajstić information content (AvgIpc) is 0.848. The van der Waals surface area contributed by atoms with Gasteiger partial charge in [-0.1, -0.05) is 66.7 Å². The number of amides is 8. The van der Waals surface area contributed by atoms with Gasteiger partial charge in [-0.25, -0.2) is 9.59 Å². The van der Waals surface area contributed by atoms with Crippen molar-refractivity contribution >= 4 is 117 Å². The van der Waals surface area contributed by atoms with Crippen LogP contribution in [0.1, 0.15) is 219 Å². The first-order chi connectivity index (χ1) is 52.4. The number of benzene rings is 3. The van der Waals surface area contributed by atoms with Crippen molar-refractivity contribution < 1.29 is 110 Å². The smallest absolute Gasteiger partial charge is 0.408 e. The summed E-state index contributed by atoms with van der Waals surface area (Å²) in [6, 6.07) is 19.2. The molecule has 606 valence electrons. The Hall–Kier alpha value is -11.0. The fourth-order valence-corrected chi connectivity index (χ4v) is 10.6. The number of carbonyl (C=O) groups excluding carboxylic acids is 19. The first kappa shape index (κ1) is 94.2. The van der Waals surface area contributed by atoms with Gasteiger partial charge in [-0.2, -0.15) is 0 Å². The molecule has 0 radical (unpaired) electrons. The number of alkyl carbamates (subject to hydrolysis) is 2. The third-order valence-electron chi connectivity index (χ3n) is 16.6. The van der Waals surface area contributed by atoms with E-state index in [1.165, 1.54) is 18.2 Å². The monoisotopic (exact) mass is 1550 g/mol. The number of carbonyl (C=O) groups is 19. The molecule has 0 heterocycles. The summed E-state index contributed by atoms with van der Waals surface area (Å²) in [5.74, 6) is -9.96. The predicted molar refractivity (Wildman–Crippen MR) is 404 cm³/mol. The number of rotatable bonds is 55. The highest BCUT2D eigenvalue weighted by Gasteiger charge is 2.28. The quantitative estimate of drug-likeness (QED) is 0.00711. The highest BCUT2D eigenvalue weighted by Crippen LogP contribution is 2.26. The van der Waals surface area contributed by atoms with E-state index in [-0.39, 0.29) is 196 Å². The Bertz CT molecular complexity index is 3730. The minimum atomic E-state index is -1.20. The molecule has 3 rings (SSSR count). The standard InChI is InChI=1S/C80H108N8O23/c1-8-81-75(105)67(46-52-17-11-9-12-18-52)86-72(102)50-83-71(101)49-84-74(104)65(88-77(107)109-51-53-19-13-10-14-20-53)21-15-16-44-82-70(100)48-64(97)39-38-62(95)35-34-60(93)31-30-58(91)27-26-56(89)24-25-57(90)28-29-59(92)32-33-61(94)36-37-63(96)40-42-69(99)76(106)87-66-47-54(22-41-68(66)98)45-55(85-78(108)111-80(5,6)7)23-43-73(103)110-79(2,3)4/h9-14,17-20,22,41,47,55,65,67,98H,8,15-16,21,23-40,42-46,48-51H2,1-7H3,(H,81,105)(H,82,100)(H,83,101)(H,84,104)(H,85,108)(H,86,102)(H,87,106)(H,88,107)/t55-,65+,67+/m1/s1. The summed E-state index contributed by atoms with van der Waals surface area (Å²) in [6.45, 7) is 11.2. The van der Waals surface area contributed by atoms with Crippen molar-refractivity contribution in [3.8, 4) is 5.75 Å². The molecule has 31 heteroatoms. The molecule has 0 aliphatic heterocycles. The van der Waals surface area contributed by atoms with Crippen molar-refractivity contribution in [2.75, 3.05) is 31.5 Å². The van der Waals surface area contributed by atoms with Crippen LogP contribution in [0, 0.1) is 0 Å². The van der Waals surface area contributed by atoms with E-state index in [1.54, 1.807) is 103 Å². The molecule has 3 atom stereocenters. The van der Waals surface area contributed by atoms with Gasteiger partial charge in [0.15, 0.2) is 0 Å². The summed E-state index contributed by atoms with van der Waals surface area (Å²) >= 11 is 0. The number of aromatic hydroxyl groups is 1. The second-order valence-corrected chi connectivity index (χ2v) is 28.7. The number of nitrogens with one attached hydrogen (secondary N) is 8. The van der Waals surface area contributed by atoms with Gasteiger partial charge in [-0.3, -0.25) is 81.5 Å². The molecule has 8 amide bonds.